The number of hydrogen-bond donors (Lipinski definition) is 2. The first kappa shape index (κ1) is 26.9. The van der Waals surface area contributed by atoms with Crippen molar-refractivity contribution in [3.8, 4) is 0 Å². The molecule has 9 nitrogen and oxygen atoms in total. The first-order chi connectivity index (χ1) is 18.0. The van der Waals surface area contributed by atoms with Gasteiger partial charge < -0.3 is 5.32 Å². The standard InChI is InChI=1S/C25H22F2N4O5S2/c1-3-12-37(33,34)30-21-11-10-20(26)22(23(21)27)25(32)29-17-13-19-16(4-2)15-31(24(19)28-14-17)38(35,36)18-8-6-5-7-9-18/h4-11,13-15,30H,2-3,12H2,1H3,(H,29,32). The molecule has 13 heteroatoms. The predicted molar refractivity (Wildman–Crippen MR) is 141 cm³/mol. The van der Waals surface area contributed by atoms with Crippen LogP contribution in [0.4, 0.5) is 20.2 Å². The van der Waals surface area contributed by atoms with Crippen LogP contribution in [0.3, 0.4) is 0 Å². The van der Waals surface area contributed by atoms with Crippen LogP contribution >= 0.6 is 0 Å². The van der Waals surface area contributed by atoms with Gasteiger partial charge in [0, 0.05) is 17.1 Å². The lowest BCUT2D eigenvalue weighted by molar-refractivity contribution is 0.101. The maximum atomic E-state index is 15.0. The Morgan fingerprint density at radius 1 is 1.11 bits per heavy atom. The number of halogens is 2. The molecule has 2 heterocycles. The first-order valence-electron chi connectivity index (χ1n) is 11.2. The van der Waals surface area contributed by atoms with Crippen molar-refractivity contribution in [2.24, 2.45) is 0 Å². The molecule has 0 saturated heterocycles. The van der Waals surface area contributed by atoms with E-state index in [1.807, 2.05) is 4.72 Å². The molecular weight excluding hydrogens is 538 g/mol. The molecule has 198 valence electrons. The molecule has 0 spiro atoms. The molecule has 0 radical (unpaired) electrons. The van der Waals surface area contributed by atoms with Gasteiger partial charge in [0.1, 0.15) is 11.4 Å². The van der Waals surface area contributed by atoms with Crippen molar-refractivity contribution in [3.05, 3.63) is 90.3 Å². The molecular formula is C25H22F2N4O5S2. The number of anilines is 2. The number of aromatic nitrogens is 2. The van der Waals surface area contributed by atoms with Crippen LogP contribution in [0, 0.1) is 11.6 Å². The van der Waals surface area contributed by atoms with E-state index in [0.717, 1.165) is 22.3 Å². The minimum atomic E-state index is -4.01. The van der Waals surface area contributed by atoms with Crippen molar-refractivity contribution in [1.82, 2.24) is 8.96 Å². The molecule has 2 aromatic carbocycles. The lowest BCUT2D eigenvalue weighted by Crippen LogP contribution is -2.20. The quantitative estimate of drug-likeness (QED) is 0.308. The Bertz CT molecular complexity index is 1770. The van der Waals surface area contributed by atoms with Crippen molar-refractivity contribution in [2.75, 3.05) is 15.8 Å². The molecule has 0 aliphatic carbocycles. The highest BCUT2D eigenvalue weighted by molar-refractivity contribution is 7.92. The molecule has 0 bridgehead atoms. The Morgan fingerprint density at radius 3 is 2.47 bits per heavy atom. The van der Waals surface area contributed by atoms with Crippen molar-refractivity contribution in [3.63, 3.8) is 0 Å². The van der Waals surface area contributed by atoms with E-state index in [1.54, 1.807) is 25.1 Å². The Labute approximate surface area is 217 Å². The largest absolute Gasteiger partial charge is 0.320 e. The summed E-state index contributed by atoms with van der Waals surface area (Å²) in [5.41, 5.74) is -1.14. The number of nitrogens with one attached hydrogen (secondary N) is 2. The summed E-state index contributed by atoms with van der Waals surface area (Å²) < 4.78 is 82.8. The molecule has 1 amide bonds. The fourth-order valence-electron chi connectivity index (χ4n) is 3.74. The molecule has 0 saturated carbocycles. The average Bonchev–Trinajstić information content (AvgIpc) is 3.25. The number of fused-ring (bicyclic) bond motifs is 1. The average molecular weight is 561 g/mol. The van der Waals surface area contributed by atoms with Crippen LogP contribution in [0.2, 0.25) is 0 Å². The minimum absolute atomic E-state index is 0.0104. The second-order valence-corrected chi connectivity index (χ2v) is 11.8. The molecule has 0 aliphatic heterocycles. The smallest absolute Gasteiger partial charge is 0.269 e. The predicted octanol–water partition coefficient (Wildman–Crippen LogP) is 4.60. The summed E-state index contributed by atoms with van der Waals surface area (Å²) in [5.74, 6) is -4.08. The van der Waals surface area contributed by atoms with E-state index in [2.05, 4.69) is 16.9 Å². The van der Waals surface area contributed by atoms with Gasteiger partial charge in [-0.1, -0.05) is 37.8 Å². The number of hydrogen-bond acceptors (Lipinski definition) is 6. The zero-order valence-electron chi connectivity index (χ0n) is 20.0. The molecule has 0 unspecified atom stereocenters. The van der Waals surface area contributed by atoms with Crippen molar-refractivity contribution < 1.29 is 30.4 Å². The summed E-state index contributed by atoms with van der Waals surface area (Å²) in [5, 5.41) is 2.63. The molecule has 4 rings (SSSR count). The lowest BCUT2D eigenvalue weighted by Gasteiger charge is -2.12. The third kappa shape index (κ3) is 5.15. The van der Waals surface area contributed by atoms with E-state index in [4.69, 9.17) is 0 Å². The summed E-state index contributed by atoms with van der Waals surface area (Å²) in [6, 6.07) is 10.7. The van der Waals surface area contributed by atoms with Gasteiger partial charge >= 0.3 is 0 Å². The normalized spacial score (nSPS) is 11.9. The van der Waals surface area contributed by atoms with Gasteiger partial charge in [-0.2, -0.15) is 0 Å². The van der Waals surface area contributed by atoms with Gasteiger partial charge in [0.15, 0.2) is 11.5 Å². The summed E-state index contributed by atoms with van der Waals surface area (Å²) in [6.07, 6.45) is 4.12. The number of amides is 1. The number of benzene rings is 2. The van der Waals surface area contributed by atoms with Gasteiger partial charge in [-0.3, -0.25) is 9.52 Å². The van der Waals surface area contributed by atoms with E-state index < -0.39 is 48.8 Å². The Kier molecular flexibility index (Phi) is 7.33. The van der Waals surface area contributed by atoms with E-state index >= 15 is 0 Å². The highest BCUT2D eigenvalue weighted by Gasteiger charge is 2.25. The van der Waals surface area contributed by atoms with E-state index in [1.165, 1.54) is 30.5 Å². The molecule has 2 N–H and O–H groups in total. The number of carbonyl (C=O) groups excluding carboxylic acids is 1. The number of carbonyl (C=O) groups is 1. The van der Waals surface area contributed by atoms with Crippen LogP contribution in [0.1, 0.15) is 29.3 Å². The molecule has 0 fully saturated rings. The zero-order valence-corrected chi connectivity index (χ0v) is 21.6. The van der Waals surface area contributed by atoms with Crippen LogP contribution in [0.5, 0.6) is 0 Å². The molecule has 4 aromatic rings. The number of pyridine rings is 1. The van der Waals surface area contributed by atoms with Gasteiger partial charge in [-0.15, -0.1) is 0 Å². The summed E-state index contributed by atoms with van der Waals surface area (Å²) in [4.78, 5) is 17.0. The third-order valence-electron chi connectivity index (χ3n) is 5.48. The Hall–Kier alpha value is -4.10. The van der Waals surface area contributed by atoms with Crippen LogP contribution in [0.25, 0.3) is 17.1 Å². The topological polar surface area (TPSA) is 127 Å². The monoisotopic (exact) mass is 560 g/mol. The van der Waals surface area contributed by atoms with E-state index in [9.17, 15) is 30.4 Å². The van der Waals surface area contributed by atoms with Crippen molar-refractivity contribution >= 4 is 54.4 Å². The van der Waals surface area contributed by atoms with E-state index in [0.29, 0.717) is 10.9 Å². The highest BCUT2D eigenvalue weighted by Crippen LogP contribution is 2.29. The third-order valence-corrected chi connectivity index (χ3v) is 8.62. The van der Waals surface area contributed by atoms with E-state index in [-0.39, 0.29) is 28.4 Å². The molecule has 0 atom stereocenters. The minimum Gasteiger partial charge on any atom is -0.320 e. The van der Waals surface area contributed by atoms with Gasteiger partial charge in [-0.25, -0.2) is 34.6 Å². The van der Waals surface area contributed by atoms with Crippen molar-refractivity contribution in [2.45, 2.75) is 18.2 Å². The zero-order chi connectivity index (χ0) is 27.7. The first-order valence-corrected chi connectivity index (χ1v) is 14.3. The summed E-state index contributed by atoms with van der Waals surface area (Å²) in [7, 11) is -7.90. The SMILES string of the molecule is C=Cc1cn(S(=O)(=O)c2ccccc2)c2ncc(NC(=O)c3c(F)ccc(NS(=O)(=O)CCC)c3F)cc12. The number of sulfonamides is 1. The fraction of sp³-hybridized carbons (Fsp3) is 0.120. The maximum Gasteiger partial charge on any atom is 0.269 e. The molecule has 2 aromatic heterocycles. The number of nitrogens with zero attached hydrogens (tertiary/aromatic N) is 2. The summed E-state index contributed by atoms with van der Waals surface area (Å²) in [6.45, 7) is 5.30. The second kappa shape index (κ2) is 10.3. The second-order valence-electron chi connectivity index (χ2n) is 8.16. The lowest BCUT2D eigenvalue weighted by atomic mass is 10.1. The Balaban J connectivity index is 1.70. The Morgan fingerprint density at radius 2 is 1.82 bits per heavy atom. The maximum absolute atomic E-state index is 15.0. The van der Waals surface area contributed by atoms with Gasteiger partial charge in [0.05, 0.1) is 28.2 Å². The fourth-order valence-corrected chi connectivity index (χ4v) is 6.23. The molecule has 38 heavy (non-hydrogen) atoms. The van der Waals surface area contributed by atoms with Crippen molar-refractivity contribution in [1.29, 1.82) is 0 Å². The van der Waals surface area contributed by atoms with Crippen LogP contribution in [-0.4, -0.2) is 37.5 Å². The van der Waals surface area contributed by atoms with Crippen LogP contribution in [-0.2, 0) is 20.0 Å². The van der Waals surface area contributed by atoms with Crippen LogP contribution in [0.15, 0.2) is 72.4 Å². The summed E-state index contributed by atoms with van der Waals surface area (Å²) >= 11 is 0. The number of rotatable bonds is 9. The highest BCUT2D eigenvalue weighted by atomic mass is 32.2. The van der Waals surface area contributed by atoms with Crippen LogP contribution < -0.4 is 10.0 Å². The van der Waals surface area contributed by atoms with Gasteiger partial charge in [0.25, 0.3) is 15.9 Å². The van der Waals surface area contributed by atoms with Gasteiger partial charge in [0.2, 0.25) is 10.0 Å². The molecule has 0 aliphatic rings. The van der Waals surface area contributed by atoms with Gasteiger partial charge in [-0.05, 0) is 36.8 Å².